The van der Waals surface area contributed by atoms with Crippen LogP contribution in [0, 0.1) is 0 Å². The third-order valence-electron chi connectivity index (χ3n) is 1.85. The molecule has 0 saturated carbocycles. The maximum absolute atomic E-state index is 10.3. The van der Waals surface area contributed by atoms with Gasteiger partial charge >= 0.3 is 0 Å². The van der Waals surface area contributed by atoms with Crippen molar-refractivity contribution in [1.29, 1.82) is 0 Å². The Morgan fingerprint density at radius 3 is 1.94 bits per heavy atom. The molecule has 0 spiro atoms. The molecule has 0 aliphatic carbocycles. The molecule has 1 amide bonds. The standard InChI is InChI=1S/C14H21NO/c1-2-3-4-5-6-7-8-9-10-11-12-13-14(15)16/h4-7,10-13H,2-3,8-9H2,1H3,(H2,15,16). The molecule has 0 unspecified atom stereocenters. The van der Waals surface area contributed by atoms with Gasteiger partial charge in [0.25, 0.3) is 0 Å². The summed E-state index contributed by atoms with van der Waals surface area (Å²) >= 11 is 0. The number of unbranched alkanes of at least 4 members (excludes halogenated alkanes) is 2. The molecule has 0 heterocycles. The van der Waals surface area contributed by atoms with E-state index in [1.807, 2.05) is 12.2 Å². The molecule has 0 aliphatic rings. The van der Waals surface area contributed by atoms with Crippen molar-refractivity contribution in [3.63, 3.8) is 0 Å². The fourth-order valence-electron chi connectivity index (χ4n) is 1.03. The predicted molar refractivity (Wildman–Crippen MR) is 69.9 cm³/mol. The summed E-state index contributed by atoms with van der Waals surface area (Å²) in [6.45, 7) is 2.17. The molecule has 16 heavy (non-hydrogen) atoms. The first-order chi connectivity index (χ1) is 7.77. The SMILES string of the molecule is CCCC=CC=CCCC=CC=CC(N)=O. The van der Waals surface area contributed by atoms with Crippen molar-refractivity contribution >= 4 is 5.91 Å². The molecule has 0 aromatic rings. The minimum absolute atomic E-state index is 0.411. The third kappa shape index (κ3) is 12.4. The quantitative estimate of drug-likeness (QED) is 0.380. The average Bonchev–Trinajstić information content (AvgIpc) is 2.25. The van der Waals surface area contributed by atoms with Gasteiger partial charge in [-0.1, -0.05) is 55.9 Å². The molecule has 88 valence electrons. The van der Waals surface area contributed by atoms with Crippen molar-refractivity contribution in [3.05, 3.63) is 48.6 Å². The maximum Gasteiger partial charge on any atom is 0.241 e. The van der Waals surface area contributed by atoms with Gasteiger partial charge in [0.1, 0.15) is 0 Å². The van der Waals surface area contributed by atoms with Gasteiger partial charge in [-0.15, -0.1) is 0 Å². The Hall–Kier alpha value is -1.57. The van der Waals surface area contributed by atoms with Gasteiger partial charge in [0.05, 0.1) is 0 Å². The largest absolute Gasteiger partial charge is 0.366 e. The number of hydrogen-bond acceptors (Lipinski definition) is 1. The smallest absolute Gasteiger partial charge is 0.241 e. The summed E-state index contributed by atoms with van der Waals surface area (Å²) in [7, 11) is 0. The Labute approximate surface area is 98.2 Å². The lowest BCUT2D eigenvalue weighted by molar-refractivity contribution is -0.113. The lowest BCUT2D eigenvalue weighted by Crippen LogP contribution is -2.04. The van der Waals surface area contributed by atoms with Crippen LogP contribution in [0.15, 0.2) is 48.6 Å². The third-order valence-corrected chi connectivity index (χ3v) is 1.85. The van der Waals surface area contributed by atoms with Crippen LogP contribution in [-0.4, -0.2) is 5.91 Å². The molecule has 2 N–H and O–H groups in total. The Morgan fingerprint density at radius 1 is 0.938 bits per heavy atom. The number of amides is 1. The van der Waals surface area contributed by atoms with Gasteiger partial charge in [-0.25, -0.2) is 0 Å². The number of rotatable bonds is 8. The summed E-state index contributed by atoms with van der Waals surface area (Å²) < 4.78 is 0. The van der Waals surface area contributed by atoms with Gasteiger partial charge in [0.15, 0.2) is 0 Å². The van der Waals surface area contributed by atoms with Crippen molar-refractivity contribution in [2.45, 2.75) is 32.6 Å². The van der Waals surface area contributed by atoms with Crippen molar-refractivity contribution in [3.8, 4) is 0 Å². The van der Waals surface area contributed by atoms with E-state index in [0.29, 0.717) is 0 Å². The Morgan fingerprint density at radius 2 is 1.44 bits per heavy atom. The zero-order valence-corrected chi connectivity index (χ0v) is 9.93. The summed E-state index contributed by atoms with van der Waals surface area (Å²) in [5, 5.41) is 0. The number of nitrogens with two attached hydrogens (primary N) is 1. The zero-order valence-electron chi connectivity index (χ0n) is 9.93. The lowest BCUT2D eigenvalue weighted by atomic mass is 10.2. The molecule has 2 nitrogen and oxygen atoms in total. The predicted octanol–water partition coefficient (Wildman–Crippen LogP) is 3.28. The van der Waals surface area contributed by atoms with E-state index >= 15 is 0 Å². The number of carbonyl (C=O) groups is 1. The lowest BCUT2D eigenvalue weighted by Gasteiger charge is -1.85. The second-order valence-corrected chi connectivity index (χ2v) is 3.41. The van der Waals surface area contributed by atoms with Crippen molar-refractivity contribution in [2.24, 2.45) is 5.73 Å². The molecule has 0 aromatic carbocycles. The van der Waals surface area contributed by atoms with Crippen molar-refractivity contribution < 1.29 is 4.79 Å². The number of hydrogen-bond donors (Lipinski definition) is 1. The monoisotopic (exact) mass is 219 g/mol. The zero-order chi connectivity index (χ0) is 12.1. The van der Waals surface area contributed by atoms with Crippen LogP contribution in [-0.2, 0) is 4.79 Å². The van der Waals surface area contributed by atoms with Crippen molar-refractivity contribution in [2.75, 3.05) is 0 Å². The van der Waals surface area contributed by atoms with E-state index in [1.54, 1.807) is 6.08 Å². The molecule has 0 aliphatic heterocycles. The molecule has 0 saturated heterocycles. The van der Waals surface area contributed by atoms with Gasteiger partial charge in [-0.05, 0) is 19.3 Å². The first kappa shape index (κ1) is 14.4. The summed E-state index contributed by atoms with van der Waals surface area (Å²) in [5.41, 5.74) is 4.93. The molecule has 0 bridgehead atoms. The van der Waals surface area contributed by atoms with E-state index in [1.165, 1.54) is 12.5 Å². The summed E-state index contributed by atoms with van der Waals surface area (Å²) in [6, 6.07) is 0. The van der Waals surface area contributed by atoms with E-state index < -0.39 is 5.91 Å². The number of allylic oxidation sites excluding steroid dienone is 7. The van der Waals surface area contributed by atoms with E-state index in [4.69, 9.17) is 5.73 Å². The van der Waals surface area contributed by atoms with Crippen LogP contribution in [0.2, 0.25) is 0 Å². The minimum Gasteiger partial charge on any atom is -0.366 e. The molecule has 0 atom stereocenters. The molecule has 0 fully saturated rings. The van der Waals surface area contributed by atoms with Crippen LogP contribution in [0.25, 0.3) is 0 Å². The summed E-state index contributed by atoms with van der Waals surface area (Å²) in [5.74, 6) is -0.411. The molecular weight excluding hydrogens is 198 g/mol. The fourth-order valence-corrected chi connectivity index (χ4v) is 1.03. The van der Waals surface area contributed by atoms with E-state index in [9.17, 15) is 4.79 Å². The topological polar surface area (TPSA) is 43.1 Å². The van der Waals surface area contributed by atoms with Gasteiger partial charge in [-0.2, -0.15) is 0 Å². The second-order valence-electron chi connectivity index (χ2n) is 3.41. The van der Waals surface area contributed by atoms with Gasteiger partial charge < -0.3 is 5.73 Å². The molecule has 0 radical (unpaired) electrons. The molecule has 2 heteroatoms. The average molecular weight is 219 g/mol. The Bertz CT molecular complexity index is 285. The van der Waals surface area contributed by atoms with Gasteiger partial charge in [0.2, 0.25) is 5.91 Å². The highest BCUT2D eigenvalue weighted by Crippen LogP contribution is 1.95. The highest BCUT2D eigenvalue weighted by atomic mass is 16.1. The van der Waals surface area contributed by atoms with Crippen LogP contribution < -0.4 is 5.73 Å². The van der Waals surface area contributed by atoms with Crippen LogP contribution in [0.4, 0.5) is 0 Å². The highest BCUT2D eigenvalue weighted by Gasteiger charge is 1.78. The molecular formula is C14H21NO. The molecule has 0 aromatic heterocycles. The minimum atomic E-state index is -0.411. The van der Waals surface area contributed by atoms with E-state index in [2.05, 4.69) is 31.2 Å². The van der Waals surface area contributed by atoms with Crippen LogP contribution in [0.5, 0.6) is 0 Å². The second kappa shape index (κ2) is 11.5. The Balaban J connectivity index is 3.49. The fraction of sp³-hybridized carbons (Fsp3) is 0.357. The first-order valence-corrected chi connectivity index (χ1v) is 5.71. The van der Waals surface area contributed by atoms with Crippen LogP contribution in [0.3, 0.4) is 0 Å². The van der Waals surface area contributed by atoms with Crippen LogP contribution >= 0.6 is 0 Å². The summed E-state index contributed by atoms with van der Waals surface area (Å²) in [4.78, 5) is 10.3. The maximum atomic E-state index is 10.3. The van der Waals surface area contributed by atoms with E-state index in [0.717, 1.165) is 19.3 Å². The first-order valence-electron chi connectivity index (χ1n) is 5.71. The summed E-state index contributed by atoms with van der Waals surface area (Å²) in [6.07, 6.45) is 19.6. The van der Waals surface area contributed by atoms with E-state index in [-0.39, 0.29) is 0 Å². The Kier molecular flexibility index (Phi) is 10.4. The number of carbonyl (C=O) groups excluding carboxylic acids is 1. The van der Waals surface area contributed by atoms with Gasteiger partial charge in [0, 0.05) is 6.08 Å². The van der Waals surface area contributed by atoms with Crippen molar-refractivity contribution in [1.82, 2.24) is 0 Å². The normalized spacial score (nSPS) is 12.6. The van der Waals surface area contributed by atoms with Gasteiger partial charge in [-0.3, -0.25) is 4.79 Å². The number of primary amides is 1. The molecule has 0 rings (SSSR count). The van der Waals surface area contributed by atoms with Crippen LogP contribution in [0.1, 0.15) is 32.6 Å². The highest BCUT2D eigenvalue weighted by molar-refractivity contribution is 5.85.